The molecule has 56 valence electrons. The number of ketones is 1. The lowest BCUT2D eigenvalue weighted by Gasteiger charge is -1.87. The van der Waals surface area contributed by atoms with Crippen molar-refractivity contribution in [1.82, 2.24) is 0 Å². The molecule has 0 unspecified atom stereocenters. The molecule has 0 aliphatic heterocycles. The molecule has 0 spiro atoms. The van der Waals surface area contributed by atoms with Gasteiger partial charge >= 0.3 is 0 Å². The van der Waals surface area contributed by atoms with Gasteiger partial charge in [-0.3, -0.25) is 4.79 Å². The highest BCUT2D eigenvalue weighted by molar-refractivity contribution is 7.02. The zero-order valence-electron chi connectivity index (χ0n) is 4.45. The SMILES string of the molecule is O=C(C(Cl)=NO)C(Cl)=NO. The molecule has 0 saturated carbocycles. The molecular formula is C3H2Cl2N2O3. The Labute approximate surface area is 65.5 Å². The van der Waals surface area contributed by atoms with Crippen molar-refractivity contribution >= 4 is 39.3 Å². The second kappa shape index (κ2) is 4.08. The lowest BCUT2D eigenvalue weighted by molar-refractivity contribution is -0.107. The van der Waals surface area contributed by atoms with E-state index in [0.29, 0.717) is 0 Å². The predicted octanol–water partition coefficient (Wildman–Crippen LogP) is 0.608. The Bertz CT molecular complexity index is 180. The summed E-state index contributed by atoms with van der Waals surface area (Å²) in [6, 6.07) is 0. The quantitative estimate of drug-likeness (QED) is 0.375. The zero-order chi connectivity index (χ0) is 8.15. The van der Waals surface area contributed by atoms with Crippen molar-refractivity contribution in [1.29, 1.82) is 0 Å². The Balaban J connectivity index is 4.39. The molecule has 0 amide bonds. The van der Waals surface area contributed by atoms with E-state index in [9.17, 15) is 4.79 Å². The number of Topliss-reactive ketones (excluding diaryl/α,β-unsaturated/α-hetero) is 1. The van der Waals surface area contributed by atoms with E-state index in [1.165, 1.54) is 0 Å². The molecule has 0 rings (SSSR count). The van der Waals surface area contributed by atoms with Gasteiger partial charge in [-0.05, 0) is 0 Å². The smallest absolute Gasteiger partial charge is 0.259 e. The van der Waals surface area contributed by atoms with Gasteiger partial charge in [-0.25, -0.2) is 0 Å². The number of hydrogen-bond donors (Lipinski definition) is 2. The number of oxime groups is 2. The summed E-state index contributed by atoms with van der Waals surface area (Å²) in [4.78, 5) is 10.5. The van der Waals surface area contributed by atoms with Crippen LogP contribution in [0, 0.1) is 0 Å². The van der Waals surface area contributed by atoms with Crippen LogP contribution in [0.25, 0.3) is 0 Å². The van der Waals surface area contributed by atoms with Crippen molar-refractivity contribution in [3.8, 4) is 0 Å². The summed E-state index contributed by atoms with van der Waals surface area (Å²) < 4.78 is 0. The van der Waals surface area contributed by atoms with Crippen LogP contribution < -0.4 is 0 Å². The average molecular weight is 185 g/mol. The minimum Gasteiger partial charge on any atom is -0.410 e. The summed E-state index contributed by atoms with van der Waals surface area (Å²) in [5.74, 6) is -1.05. The van der Waals surface area contributed by atoms with Crippen molar-refractivity contribution in [2.75, 3.05) is 0 Å². The van der Waals surface area contributed by atoms with Crippen LogP contribution in [-0.4, -0.2) is 26.5 Å². The number of carbonyl (C=O) groups is 1. The zero-order valence-corrected chi connectivity index (χ0v) is 5.96. The third kappa shape index (κ3) is 2.20. The van der Waals surface area contributed by atoms with Crippen LogP contribution in [0.5, 0.6) is 0 Å². The second-order valence-electron chi connectivity index (χ2n) is 1.11. The lowest BCUT2D eigenvalue weighted by Crippen LogP contribution is -2.15. The standard InChI is InChI=1S/C3H2Cl2N2O3/c4-2(6-9)1(8)3(5)7-10/h9-10H. The van der Waals surface area contributed by atoms with E-state index in [2.05, 4.69) is 10.3 Å². The lowest BCUT2D eigenvalue weighted by atomic mass is 10.5. The van der Waals surface area contributed by atoms with Crippen LogP contribution in [0.1, 0.15) is 0 Å². The first-order valence-electron chi connectivity index (χ1n) is 1.93. The molecule has 0 atom stereocenters. The van der Waals surface area contributed by atoms with Gasteiger partial charge in [0.05, 0.1) is 0 Å². The predicted molar refractivity (Wildman–Crippen MR) is 35.2 cm³/mol. The number of hydrogen-bond acceptors (Lipinski definition) is 5. The van der Waals surface area contributed by atoms with Crippen molar-refractivity contribution < 1.29 is 15.2 Å². The van der Waals surface area contributed by atoms with E-state index >= 15 is 0 Å². The molecule has 0 aromatic rings. The van der Waals surface area contributed by atoms with E-state index < -0.39 is 16.1 Å². The first-order chi connectivity index (χ1) is 4.63. The van der Waals surface area contributed by atoms with Crippen LogP contribution in [0.2, 0.25) is 0 Å². The molecule has 0 heterocycles. The van der Waals surface area contributed by atoms with E-state index in [1.54, 1.807) is 0 Å². The molecule has 0 aromatic carbocycles. The van der Waals surface area contributed by atoms with Crippen molar-refractivity contribution in [3.05, 3.63) is 0 Å². The summed E-state index contributed by atoms with van der Waals surface area (Å²) in [6.45, 7) is 0. The maximum atomic E-state index is 10.5. The van der Waals surface area contributed by atoms with Gasteiger partial charge in [0.2, 0.25) is 10.3 Å². The van der Waals surface area contributed by atoms with E-state index in [-0.39, 0.29) is 0 Å². The fraction of sp³-hybridized carbons (Fsp3) is 0. The molecule has 7 heteroatoms. The molecule has 0 aromatic heterocycles. The molecule has 0 aliphatic rings. The number of carbonyl (C=O) groups excluding carboxylic acids is 1. The first kappa shape index (κ1) is 9.19. The molecule has 10 heavy (non-hydrogen) atoms. The Kier molecular flexibility index (Phi) is 3.75. The average Bonchev–Trinajstić information content (AvgIpc) is 2.00. The van der Waals surface area contributed by atoms with Crippen molar-refractivity contribution in [3.63, 3.8) is 0 Å². The van der Waals surface area contributed by atoms with Crippen LogP contribution in [0.4, 0.5) is 0 Å². The van der Waals surface area contributed by atoms with E-state index in [4.69, 9.17) is 33.6 Å². The minimum atomic E-state index is -1.05. The third-order valence-corrected chi connectivity index (χ3v) is 1.04. The largest absolute Gasteiger partial charge is 0.410 e. The molecule has 0 saturated heterocycles. The fourth-order valence-corrected chi connectivity index (χ4v) is 0.403. The summed E-state index contributed by atoms with van der Waals surface area (Å²) in [5, 5.41) is 18.9. The Morgan fingerprint density at radius 3 is 1.60 bits per heavy atom. The highest BCUT2D eigenvalue weighted by Gasteiger charge is 2.15. The molecule has 2 N–H and O–H groups in total. The highest BCUT2D eigenvalue weighted by atomic mass is 35.5. The topological polar surface area (TPSA) is 82.2 Å². The van der Waals surface area contributed by atoms with Gasteiger partial charge in [-0.2, -0.15) is 0 Å². The van der Waals surface area contributed by atoms with Gasteiger partial charge in [0.15, 0.2) is 0 Å². The van der Waals surface area contributed by atoms with Crippen LogP contribution >= 0.6 is 23.2 Å². The van der Waals surface area contributed by atoms with Gasteiger partial charge in [0.25, 0.3) is 5.78 Å². The molecule has 0 bridgehead atoms. The number of rotatable bonds is 2. The fourth-order valence-electron chi connectivity index (χ4n) is 0.176. The minimum absolute atomic E-state index is 0.761. The Hall–Kier alpha value is -0.810. The van der Waals surface area contributed by atoms with Gasteiger partial charge < -0.3 is 10.4 Å². The first-order valence-corrected chi connectivity index (χ1v) is 2.69. The van der Waals surface area contributed by atoms with Crippen LogP contribution in [0.3, 0.4) is 0 Å². The summed E-state index contributed by atoms with van der Waals surface area (Å²) in [7, 11) is 0. The molecule has 5 nitrogen and oxygen atoms in total. The maximum Gasteiger partial charge on any atom is 0.259 e. The second-order valence-corrected chi connectivity index (χ2v) is 1.83. The molecule has 0 radical (unpaired) electrons. The normalized spacial score (nSPS) is 13.4. The molecule has 0 fully saturated rings. The monoisotopic (exact) mass is 184 g/mol. The highest BCUT2D eigenvalue weighted by Crippen LogP contribution is 1.94. The van der Waals surface area contributed by atoms with Gasteiger partial charge in [-0.1, -0.05) is 33.5 Å². The Morgan fingerprint density at radius 2 is 1.40 bits per heavy atom. The number of halogens is 2. The Morgan fingerprint density at radius 1 is 1.10 bits per heavy atom. The van der Waals surface area contributed by atoms with Gasteiger partial charge in [0, 0.05) is 0 Å². The van der Waals surface area contributed by atoms with Crippen LogP contribution in [0.15, 0.2) is 10.3 Å². The van der Waals surface area contributed by atoms with Crippen molar-refractivity contribution in [2.45, 2.75) is 0 Å². The van der Waals surface area contributed by atoms with E-state index in [1.807, 2.05) is 0 Å². The van der Waals surface area contributed by atoms with Crippen molar-refractivity contribution in [2.24, 2.45) is 10.3 Å². The van der Waals surface area contributed by atoms with Gasteiger partial charge in [0.1, 0.15) is 0 Å². The molecular weight excluding hydrogens is 183 g/mol. The van der Waals surface area contributed by atoms with Gasteiger partial charge in [-0.15, -0.1) is 0 Å². The van der Waals surface area contributed by atoms with Crippen LogP contribution in [-0.2, 0) is 4.79 Å². The maximum absolute atomic E-state index is 10.5. The third-order valence-electron chi connectivity index (χ3n) is 0.550. The summed E-state index contributed by atoms with van der Waals surface area (Å²) >= 11 is 9.93. The summed E-state index contributed by atoms with van der Waals surface area (Å²) in [5.41, 5.74) is 0. The summed E-state index contributed by atoms with van der Waals surface area (Å²) in [6.07, 6.45) is 0. The van der Waals surface area contributed by atoms with E-state index in [0.717, 1.165) is 0 Å². The molecule has 0 aliphatic carbocycles. The number of nitrogens with zero attached hydrogens (tertiary/aromatic N) is 2.